The normalized spacial score (nSPS) is 17.8. The van der Waals surface area contributed by atoms with E-state index >= 15 is 0 Å². The molecule has 1 saturated carbocycles. The van der Waals surface area contributed by atoms with Crippen LogP contribution in [-0.2, 0) is 15.1 Å². The van der Waals surface area contributed by atoms with E-state index in [-0.39, 0.29) is 5.97 Å². The van der Waals surface area contributed by atoms with E-state index in [1.807, 2.05) is 38.1 Å². The number of halogens is 1. The summed E-state index contributed by atoms with van der Waals surface area (Å²) in [5.74, 6) is -0.202. The fourth-order valence-electron chi connectivity index (χ4n) is 2.28. The van der Waals surface area contributed by atoms with Crippen molar-refractivity contribution < 1.29 is 9.53 Å². The molecule has 0 heterocycles. The zero-order chi connectivity index (χ0) is 13.9. The number of benzene rings is 1. The van der Waals surface area contributed by atoms with E-state index in [0.717, 1.165) is 18.4 Å². The van der Waals surface area contributed by atoms with Gasteiger partial charge in [-0.2, -0.15) is 0 Å². The number of rotatable bonds is 6. The summed E-state index contributed by atoms with van der Waals surface area (Å²) < 4.78 is 5.28. The summed E-state index contributed by atoms with van der Waals surface area (Å²) in [5.41, 5.74) is 0.173. The summed E-state index contributed by atoms with van der Waals surface area (Å²) in [6, 6.07) is 7.85. The molecule has 1 aliphatic carbocycles. The lowest BCUT2D eigenvalue weighted by atomic mass is 9.87. The SMILES string of the molecule is CCOC(=O)C(CC)(NC1CC1)c1ccc(Cl)cc1. The molecule has 0 aliphatic heterocycles. The van der Waals surface area contributed by atoms with Gasteiger partial charge in [-0.05, 0) is 43.9 Å². The van der Waals surface area contributed by atoms with Crippen LogP contribution in [0.15, 0.2) is 24.3 Å². The summed E-state index contributed by atoms with van der Waals surface area (Å²) in [6.07, 6.45) is 2.90. The predicted molar refractivity (Wildman–Crippen MR) is 76.2 cm³/mol. The van der Waals surface area contributed by atoms with E-state index in [0.29, 0.717) is 24.1 Å². The number of hydrogen-bond acceptors (Lipinski definition) is 3. The van der Waals surface area contributed by atoms with Crippen molar-refractivity contribution in [1.82, 2.24) is 5.32 Å². The highest BCUT2D eigenvalue weighted by Crippen LogP contribution is 2.33. The monoisotopic (exact) mass is 281 g/mol. The second-order valence-electron chi connectivity index (χ2n) is 4.90. The van der Waals surface area contributed by atoms with Crippen molar-refractivity contribution in [2.45, 2.75) is 44.7 Å². The second-order valence-corrected chi connectivity index (χ2v) is 5.34. The Hall–Kier alpha value is -1.06. The van der Waals surface area contributed by atoms with Crippen molar-refractivity contribution in [2.75, 3.05) is 6.61 Å². The molecule has 2 rings (SSSR count). The van der Waals surface area contributed by atoms with Gasteiger partial charge in [0.15, 0.2) is 0 Å². The third kappa shape index (κ3) is 3.10. The minimum absolute atomic E-state index is 0.202. The molecule has 1 aromatic rings. The first kappa shape index (κ1) is 14.4. The summed E-state index contributed by atoms with van der Waals surface area (Å²) in [7, 11) is 0. The summed E-state index contributed by atoms with van der Waals surface area (Å²) in [4.78, 5) is 12.4. The van der Waals surface area contributed by atoms with Crippen molar-refractivity contribution in [2.24, 2.45) is 0 Å². The van der Waals surface area contributed by atoms with Crippen molar-refractivity contribution >= 4 is 17.6 Å². The maximum Gasteiger partial charge on any atom is 0.330 e. The fraction of sp³-hybridized carbons (Fsp3) is 0.533. The van der Waals surface area contributed by atoms with Crippen LogP contribution in [0.25, 0.3) is 0 Å². The van der Waals surface area contributed by atoms with Crippen molar-refractivity contribution in [3.63, 3.8) is 0 Å². The van der Waals surface area contributed by atoms with E-state index in [4.69, 9.17) is 16.3 Å². The Labute approximate surface area is 119 Å². The number of carbonyl (C=O) groups is 1. The lowest BCUT2D eigenvalue weighted by Gasteiger charge is -2.32. The molecule has 1 atom stereocenters. The smallest absolute Gasteiger partial charge is 0.330 e. The van der Waals surface area contributed by atoms with Crippen LogP contribution in [0, 0.1) is 0 Å². The van der Waals surface area contributed by atoms with Gasteiger partial charge < -0.3 is 4.74 Å². The molecule has 1 unspecified atom stereocenters. The number of carbonyl (C=O) groups excluding carboxylic acids is 1. The quantitative estimate of drug-likeness (QED) is 0.814. The zero-order valence-electron chi connectivity index (χ0n) is 11.4. The molecule has 0 aromatic heterocycles. The van der Waals surface area contributed by atoms with Crippen LogP contribution in [0.4, 0.5) is 0 Å². The molecule has 0 saturated heterocycles. The van der Waals surface area contributed by atoms with E-state index in [2.05, 4.69) is 5.32 Å². The van der Waals surface area contributed by atoms with Gasteiger partial charge in [0.1, 0.15) is 5.54 Å². The topological polar surface area (TPSA) is 38.3 Å². The molecule has 3 nitrogen and oxygen atoms in total. The Morgan fingerprint density at radius 1 is 1.37 bits per heavy atom. The summed E-state index contributed by atoms with van der Waals surface area (Å²) >= 11 is 5.93. The van der Waals surface area contributed by atoms with E-state index in [1.54, 1.807) is 0 Å². The molecule has 0 amide bonds. The van der Waals surface area contributed by atoms with Crippen molar-refractivity contribution in [3.05, 3.63) is 34.9 Å². The molecule has 1 N–H and O–H groups in total. The standard InChI is InChI=1S/C15H20ClNO2/c1-3-15(14(18)19-4-2,17-13-9-10-13)11-5-7-12(16)8-6-11/h5-8,13,17H,3-4,9-10H2,1-2H3. The first-order valence-corrected chi connectivity index (χ1v) is 7.21. The number of hydrogen-bond donors (Lipinski definition) is 1. The molecule has 0 bridgehead atoms. The summed E-state index contributed by atoms with van der Waals surface area (Å²) in [6.45, 7) is 4.22. The van der Waals surface area contributed by atoms with Gasteiger partial charge in [-0.3, -0.25) is 5.32 Å². The minimum Gasteiger partial charge on any atom is -0.464 e. The van der Waals surface area contributed by atoms with Gasteiger partial charge in [0.25, 0.3) is 0 Å². The maximum absolute atomic E-state index is 12.4. The molecule has 1 aromatic carbocycles. The van der Waals surface area contributed by atoms with E-state index in [1.165, 1.54) is 0 Å². The molecule has 104 valence electrons. The van der Waals surface area contributed by atoms with Crippen LogP contribution in [0.1, 0.15) is 38.7 Å². The van der Waals surface area contributed by atoms with Gasteiger partial charge in [0.2, 0.25) is 0 Å². The average molecular weight is 282 g/mol. The Bertz CT molecular complexity index is 442. The molecule has 4 heteroatoms. The molecule has 0 spiro atoms. The largest absolute Gasteiger partial charge is 0.464 e. The van der Waals surface area contributed by atoms with Crippen LogP contribution >= 0.6 is 11.6 Å². The minimum atomic E-state index is -0.748. The third-order valence-electron chi connectivity index (χ3n) is 3.52. The van der Waals surface area contributed by atoms with E-state index in [9.17, 15) is 4.79 Å². The molecular formula is C15H20ClNO2. The number of nitrogens with one attached hydrogen (secondary N) is 1. The zero-order valence-corrected chi connectivity index (χ0v) is 12.2. The Kier molecular flexibility index (Phi) is 4.48. The molecule has 1 aliphatic rings. The van der Waals surface area contributed by atoms with Gasteiger partial charge in [0, 0.05) is 11.1 Å². The Balaban J connectivity index is 2.35. The van der Waals surface area contributed by atoms with Gasteiger partial charge in [-0.1, -0.05) is 30.7 Å². The number of esters is 1. The van der Waals surface area contributed by atoms with Gasteiger partial charge in [0.05, 0.1) is 6.61 Å². The van der Waals surface area contributed by atoms with Crippen LogP contribution < -0.4 is 5.32 Å². The van der Waals surface area contributed by atoms with Crippen LogP contribution in [0.3, 0.4) is 0 Å². The second kappa shape index (κ2) is 5.93. The van der Waals surface area contributed by atoms with Crippen molar-refractivity contribution in [1.29, 1.82) is 0 Å². The van der Waals surface area contributed by atoms with Crippen LogP contribution in [0.5, 0.6) is 0 Å². The lowest BCUT2D eigenvalue weighted by molar-refractivity contribution is -0.152. The van der Waals surface area contributed by atoms with E-state index < -0.39 is 5.54 Å². The Morgan fingerprint density at radius 2 is 2.00 bits per heavy atom. The maximum atomic E-state index is 12.4. The first-order valence-electron chi connectivity index (χ1n) is 6.83. The highest BCUT2D eigenvalue weighted by atomic mass is 35.5. The lowest BCUT2D eigenvalue weighted by Crippen LogP contribution is -2.50. The Morgan fingerprint density at radius 3 is 2.47 bits per heavy atom. The van der Waals surface area contributed by atoms with Crippen LogP contribution in [0.2, 0.25) is 5.02 Å². The highest BCUT2D eigenvalue weighted by molar-refractivity contribution is 6.30. The highest BCUT2D eigenvalue weighted by Gasteiger charge is 2.43. The molecule has 0 radical (unpaired) electrons. The fourth-order valence-corrected chi connectivity index (χ4v) is 2.40. The third-order valence-corrected chi connectivity index (χ3v) is 3.77. The molecule has 19 heavy (non-hydrogen) atoms. The summed E-state index contributed by atoms with van der Waals surface area (Å²) in [5, 5.41) is 4.13. The average Bonchev–Trinajstić information content (AvgIpc) is 3.21. The van der Waals surface area contributed by atoms with Crippen molar-refractivity contribution in [3.8, 4) is 0 Å². The van der Waals surface area contributed by atoms with Crippen LogP contribution in [-0.4, -0.2) is 18.6 Å². The predicted octanol–water partition coefficient (Wildman–Crippen LogP) is 3.26. The van der Waals surface area contributed by atoms with Gasteiger partial charge >= 0.3 is 5.97 Å². The molecule has 1 fully saturated rings. The van der Waals surface area contributed by atoms with Gasteiger partial charge in [-0.15, -0.1) is 0 Å². The van der Waals surface area contributed by atoms with Gasteiger partial charge in [-0.25, -0.2) is 4.79 Å². The number of ether oxygens (including phenoxy) is 1. The first-order chi connectivity index (χ1) is 9.12. The molecular weight excluding hydrogens is 262 g/mol.